The minimum absolute atomic E-state index is 0.124. The van der Waals surface area contributed by atoms with E-state index in [1.165, 1.54) is 12.8 Å². The number of rotatable bonds is 7. The zero-order valence-electron chi connectivity index (χ0n) is 18.8. The highest BCUT2D eigenvalue weighted by molar-refractivity contribution is 8.00. The number of anilines is 2. The summed E-state index contributed by atoms with van der Waals surface area (Å²) < 4.78 is 5.76. The molecule has 2 aliphatic carbocycles. The lowest BCUT2D eigenvalue weighted by molar-refractivity contribution is 0.0985. The minimum Gasteiger partial charge on any atom is -0.377 e. The standard InChI is InChI=1S/C24H31N5O2S/c1-3-32-24(10-11-24)20-14-21(29-12-13-31-15-16(29)2)28-22(27-20)17-4-6-18(7-5-17)25-23(30)26-19-8-9-19/h4-7,14,16,19H,3,8-13,15H2,1-2H3,(H2,25,26,30)/t16-/m0/s1. The molecular weight excluding hydrogens is 422 g/mol. The third-order valence-electron chi connectivity index (χ3n) is 6.28. The molecule has 5 rings (SSSR count). The van der Waals surface area contributed by atoms with Crippen LogP contribution >= 0.6 is 11.8 Å². The van der Waals surface area contributed by atoms with Crippen molar-refractivity contribution in [3.63, 3.8) is 0 Å². The predicted molar refractivity (Wildman–Crippen MR) is 129 cm³/mol. The van der Waals surface area contributed by atoms with Crippen molar-refractivity contribution < 1.29 is 9.53 Å². The number of urea groups is 1. The van der Waals surface area contributed by atoms with Crippen LogP contribution in [0, 0.1) is 0 Å². The van der Waals surface area contributed by atoms with Gasteiger partial charge in [0.2, 0.25) is 0 Å². The van der Waals surface area contributed by atoms with Gasteiger partial charge in [0.25, 0.3) is 0 Å². The van der Waals surface area contributed by atoms with E-state index >= 15 is 0 Å². The molecule has 2 aromatic rings. The lowest BCUT2D eigenvalue weighted by atomic mass is 10.1. The van der Waals surface area contributed by atoms with Crippen LogP contribution in [0.4, 0.5) is 16.3 Å². The van der Waals surface area contributed by atoms with Crippen molar-refractivity contribution in [1.29, 1.82) is 0 Å². The summed E-state index contributed by atoms with van der Waals surface area (Å²) in [7, 11) is 0. The van der Waals surface area contributed by atoms with E-state index in [0.29, 0.717) is 12.6 Å². The number of carbonyl (C=O) groups is 1. The first-order valence-corrected chi connectivity index (χ1v) is 12.6. The van der Waals surface area contributed by atoms with Gasteiger partial charge in [0.1, 0.15) is 5.82 Å². The second kappa shape index (κ2) is 8.90. The quantitative estimate of drug-likeness (QED) is 0.647. The summed E-state index contributed by atoms with van der Waals surface area (Å²) >= 11 is 1.99. The van der Waals surface area contributed by atoms with Gasteiger partial charge in [0.15, 0.2) is 5.82 Å². The van der Waals surface area contributed by atoms with Gasteiger partial charge in [-0.2, -0.15) is 0 Å². The van der Waals surface area contributed by atoms with E-state index in [-0.39, 0.29) is 16.8 Å². The van der Waals surface area contributed by atoms with Crippen molar-refractivity contribution >= 4 is 29.3 Å². The van der Waals surface area contributed by atoms with Gasteiger partial charge in [-0.1, -0.05) is 6.92 Å². The van der Waals surface area contributed by atoms with Crippen LogP contribution in [0.3, 0.4) is 0 Å². The fourth-order valence-electron chi connectivity index (χ4n) is 4.16. The van der Waals surface area contributed by atoms with Gasteiger partial charge in [0, 0.05) is 29.9 Å². The summed E-state index contributed by atoms with van der Waals surface area (Å²) in [6, 6.07) is 10.5. The Morgan fingerprint density at radius 1 is 1.25 bits per heavy atom. The molecule has 8 heteroatoms. The number of benzene rings is 1. The molecule has 32 heavy (non-hydrogen) atoms. The second-order valence-electron chi connectivity index (χ2n) is 8.93. The highest BCUT2D eigenvalue weighted by Gasteiger charge is 2.46. The molecule has 2 N–H and O–H groups in total. The van der Waals surface area contributed by atoms with E-state index in [1.54, 1.807) is 0 Å². The molecule has 7 nitrogen and oxygen atoms in total. The number of carbonyl (C=O) groups excluding carboxylic acids is 1. The number of aromatic nitrogens is 2. The molecule has 0 bridgehead atoms. The highest BCUT2D eigenvalue weighted by atomic mass is 32.2. The Balaban J connectivity index is 1.43. The first kappa shape index (κ1) is 21.5. The minimum atomic E-state index is -0.144. The van der Waals surface area contributed by atoms with Gasteiger partial charge >= 0.3 is 6.03 Å². The average molecular weight is 454 g/mol. The van der Waals surface area contributed by atoms with Crippen molar-refractivity contribution in [1.82, 2.24) is 15.3 Å². The van der Waals surface area contributed by atoms with Crippen molar-refractivity contribution in [2.45, 2.75) is 56.4 Å². The number of thioether (sulfide) groups is 1. The molecule has 3 aliphatic rings. The summed E-state index contributed by atoms with van der Waals surface area (Å²) in [5.41, 5.74) is 2.86. The molecule has 1 atom stereocenters. The molecule has 1 aliphatic heterocycles. The Morgan fingerprint density at radius 2 is 2.03 bits per heavy atom. The molecule has 0 unspecified atom stereocenters. The van der Waals surface area contributed by atoms with Crippen LogP contribution in [-0.4, -0.2) is 53.6 Å². The Bertz CT molecular complexity index is 975. The molecule has 1 aromatic carbocycles. The Labute approximate surface area is 193 Å². The van der Waals surface area contributed by atoms with Gasteiger partial charge in [-0.25, -0.2) is 14.8 Å². The summed E-state index contributed by atoms with van der Waals surface area (Å²) in [5.74, 6) is 2.80. The van der Waals surface area contributed by atoms with Crippen molar-refractivity contribution in [3.8, 4) is 11.4 Å². The molecule has 0 spiro atoms. The zero-order chi connectivity index (χ0) is 22.1. The first-order chi connectivity index (χ1) is 15.6. The van der Waals surface area contributed by atoms with Crippen LogP contribution in [0.2, 0.25) is 0 Å². The maximum atomic E-state index is 12.0. The van der Waals surface area contributed by atoms with E-state index in [9.17, 15) is 4.79 Å². The smallest absolute Gasteiger partial charge is 0.319 e. The van der Waals surface area contributed by atoms with Gasteiger partial charge < -0.3 is 20.3 Å². The Kier molecular flexibility index (Phi) is 5.99. The summed E-state index contributed by atoms with van der Waals surface area (Å²) in [6.07, 6.45) is 4.47. The largest absolute Gasteiger partial charge is 0.377 e. The maximum absolute atomic E-state index is 12.0. The molecule has 2 saturated carbocycles. The molecule has 3 fully saturated rings. The molecule has 1 saturated heterocycles. The summed E-state index contributed by atoms with van der Waals surface area (Å²) in [4.78, 5) is 24.4. The molecular formula is C24H31N5O2S. The van der Waals surface area contributed by atoms with E-state index in [4.69, 9.17) is 14.7 Å². The number of nitrogens with one attached hydrogen (secondary N) is 2. The lowest BCUT2D eigenvalue weighted by Crippen LogP contribution is -2.44. The van der Waals surface area contributed by atoms with E-state index in [1.807, 2.05) is 36.0 Å². The number of hydrogen-bond donors (Lipinski definition) is 2. The number of hydrogen-bond acceptors (Lipinski definition) is 6. The number of morpholine rings is 1. The van der Waals surface area contributed by atoms with Crippen LogP contribution in [0.15, 0.2) is 30.3 Å². The SMILES string of the molecule is CCSC1(c2cc(N3CCOC[C@@H]3C)nc(-c3ccc(NC(=O)NC4CC4)cc3)n2)CC1. The third-order valence-corrected chi connectivity index (χ3v) is 7.74. The highest BCUT2D eigenvalue weighted by Crippen LogP contribution is 2.56. The Hall–Kier alpha value is -2.32. The fraction of sp³-hybridized carbons (Fsp3) is 0.542. The molecule has 1 aromatic heterocycles. The first-order valence-electron chi connectivity index (χ1n) is 11.6. The number of amides is 2. The topological polar surface area (TPSA) is 79.4 Å². The van der Waals surface area contributed by atoms with Crippen LogP contribution in [0.5, 0.6) is 0 Å². The second-order valence-corrected chi connectivity index (χ2v) is 10.6. The van der Waals surface area contributed by atoms with E-state index < -0.39 is 0 Å². The third kappa shape index (κ3) is 4.71. The summed E-state index contributed by atoms with van der Waals surface area (Å²) in [6.45, 7) is 6.66. The number of ether oxygens (including phenoxy) is 1. The van der Waals surface area contributed by atoms with Crippen LogP contribution in [0.1, 0.15) is 45.2 Å². The normalized spacial score (nSPS) is 21.8. The summed E-state index contributed by atoms with van der Waals surface area (Å²) in [5, 5.41) is 5.85. The predicted octanol–water partition coefficient (Wildman–Crippen LogP) is 4.39. The van der Waals surface area contributed by atoms with Crippen LogP contribution < -0.4 is 15.5 Å². The maximum Gasteiger partial charge on any atom is 0.319 e. The molecule has 0 radical (unpaired) electrons. The van der Waals surface area contributed by atoms with Crippen molar-refractivity contribution in [2.24, 2.45) is 0 Å². The van der Waals surface area contributed by atoms with Gasteiger partial charge in [0.05, 0.1) is 29.7 Å². The van der Waals surface area contributed by atoms with Gasteiger partial charge in [-0.05, 0) is 62.6 Å². The van der Waals surface area contributed by atoms with Crippen molar-refractivity contribution in [3.05, 3.63) is 36.0 Å². The number of nitrogens with zero attached hydrogens (tertiary/aromatic N) is 3. The lowest BCUT2D eigenvalue weighted by Gasteiger charge is -2.34. The monoisotopic (exact) mass is 453 g/mol. The Morgan fingerprint density at radius 3 is 2.69 bits per heavy atom. The fourth-order valence-corrected chi connectivity index (χ4v) is 5.35. The van der Waals surface area contributed by atoms with E-state index in [0.717, 1.165) is 60.3 Å². The molecule has 2 heterocycles. The average Bonchev–Trinajstić information content (AvgIpc) is 3.72. The van der Waals surface area contributed by atoms with Crippen LogP contribution in [0.25, 0.3) is 11.4 Å². The molecule has 170 valence electrons. The van der Waals surface area contributed by atoms with Crippen LogP contribution in [-0.2, 0) is 9.48 Å². The van der Waals surface area contributed by atoms with Gasteiger partial charge in [-0.15, -0.1) is 11.8 Å². The van der Waals surface area contributed by atoms with Gasteiger partial charge in [-0.3, -0.25) is 0 Å². The van der Waals surface area contributed by atoms with Crippen molar-refractivity contribution in [2.75, 3.05) is 35.7 Å². The molecule has 2 amide bonds. The zero-order valence-corrected chi connectivity index (χ0v) is 19.6. The van der Waals surface area contributed by atoms with E-state index in [2.05, 4.69) is 35.4 Å².